The third kappa shape index (κ3) is 3.79. The van der Waals surface area contributed by atoms with Gasteiger partial charge in [-0.2, -0.15) is 0 Å². The molecule has 1 amide bonds. The van der Waals surface area contributed by atoms with Crippen LogP contribution in [0.15, 0.2) is 0 Å². The van der Waals surface area contributed by atoms with Gasteiger partial charge in [0, 0.05) is 13.1 Å². The van der Waals surface area contributed by atoms with E-state index in [-0.39, 0.29) is 0 Å². The Labute approximate surface area is 65.9 Å². The van der Waals surface area contributed by atoms with Crippen LogP contribution in [0.4, 0.5) is 4.79 Å². The number of amides is 1. The van der Waals surface area contributed by atoms with E-state index in [9.17, 15) is 4.79 Å². The minimum absolute atomic E-state index is 0.731. The number of hydrazine groups is 1. The number of hydrogen-bond donors (Lipinski definition) is 3. The van der Waals surface area contributed by atoms with Crippen LogP contribution < -0.4 is 11.7 Å². The lowest BCUT2D eigenvalue weighted by molar-refractivity contribution is 0.136. The molecule has 0 unspecified atom stereocenters. The summed E-state index contributed by atoms with van der Waals surface area (Å²) in [7, 11) is 0. The van der Waals surface area contributed by atoms with E-state index in [0.717, 1.165) is 25.9 Å². The van der Waals surface area contributed by atoms with Crippen LogP contribution in [0.1, 0.15) is 19.3 Å². The fraction of sp³-hybridized carbons (Fsp3) is 0.833. The number of rotatable bonds is 0. The number of carbonyl (C=O) groups is 1. The molecular formula is C6H15N3O2. The molecule has 66 valence electrons. The summed E-state index contributed by atoms with van der Waals surface area (Å²) in [6.07, 6.45) is 2.48. The molecule has 1 aliphatic heterocycles. The third-order valence-corrected chi connectivity index (χ3v) is 1.63. The largest absolute Gasteiger partial charge is 0.465 e. The van der Waals surface area contributed by atoms with Crippen molar-refractivity contribution in [3.63, 3.8) is 0 Å². The fourth-order valence-electron chi connectivity index (χ4n) is 1.09. The molecule has 0 aromatic carbocycles. The maximum absolute atomic E-state index is 10.3. The van der Waals surface area contributed by atoms with Gasteiger partial charge in [0.25, 0.3) is 0 Å². The van der Waals surface area contributed by atoms with Crippen LogP contribution in [0.3, 0.4) is 0 Å². The average Bonchev–Trinajstić information content (AvgIpc) is 2.10. The van der Waals surface area contributed by atoms with Crippen LogP contribution in [0.2, 0.25) is 0 Å². The average molecular weight is 161 g/mol. The predicted molar refractivity (Wildman–Crippen MR) is 41.8 cm³/mol. The van der Waals surface area contributed by atoms with Gasteiger partial charge in [0.05, 0.1) is 0 Å². The second-order valence-electron chi connectivity index (χ2n) is 2.33. The van der Waals surface area contributed by atoms with E-state index < -0.39 is 6.09 Å². The van der Waals surface area contributed by atoms with Gasteiger partial charge >= 0.3 is 6.09 Å². The SMILES string of the molecule is NN.O=C(O)N1CCCCC1. The van der Waals surface area contributed by atoms with E-state index >= 15 is 0 Å². The van der Waals surface area contributed by atoms with Crippen LogP contribution >= 0.6 is 0 Å². The Morgan fingerprint density at radius 2 is 1.64 bits per heavy atom. The second kappa shape index (κ2) is 5.94. The Balaban J connectivity index is 0.000000461. The summed E-state index contributed by atoms with van der Waals surface area (Å²) in [5, 5.41) is 8.46. The molecule has 0 bridgehead atoms. The molecule has 5 heteroatoms. The molecule has 5 nitrogen and oxygen atoms in total. The van der Waals surface area contributed by atoms with Crippen LogP contribution in [0.5, 0.6) is 0 Å². The first-order valence-corrected chi connectivity index (χ1v) is 3.62. The number of hydrogen-bond acceptors (Lipinski definition) is 3. The standard InChI is InChI=1S/C6H11NO2.H4N2/c8-6(9)7-4-2-1-3-5-7;1-2/h1-5H2,(H,8,9);1-2H2. The highest BCUT2D eigenvalue weighted by molar-refractivity contribution is 5.64. The van der Waals surface area contributed by atoms with Crippen molar-refractivity contribution < 1.29 is 9.90 Å². The molecule has 0 radical (unpaired) electrons. The smallest absolute Gasteiger partial charge is 0.407 e. The summed E-state index contributed by atoms with van der Waals surface area (Å²) < 4.78 is 0. The van der Waals surface area contributed by atoms with E-state index in [0.29, 0.717) is 0 Å². The molecule has 0 spiro atoms. The first-order chi connectivity index (χ1) is 5.30. The zero-order chi connectivity index (χ0) is 8.69. The molecule has 1 fully saturated rings. The van der Waals surface area contributed by atoms with E-state index in [1.807, 2.05) is 0 Å². The van der Waals surface area contributed by atoms with Gasteiger partial charge in [0.1, 0.15) is 0 Å². The molecule has 1 heterocycles. The zero-order valence-electron chi connectivity index (χ0n) is 6.49. The van der Waals surface area contributed by atoms with Crippen LogP contribution in [-0.4, -0.2) is 29.2 Å². The quantitative estimate of drug-likeness (QED) is 0.343. The van der Waals surface area contributed by atoms with Gasteiger partial charge in [-0.1, -0.05) is 0 Å². The molecule has 0 aromatic heterocycles. The summed E-state index contributed by atoms with van der Waals surface area (Å²) in [6.45, 7) is 1.46. The van der Waals surface area contributed by atoms with Gasteiger partial charge in [-0.3, -0.25) is 11.7 Å². The minimum atomic E-state index is -0.769. The van der Waals surface area contributed by atoms with E-state index in [1.54, 1.807) is 0 Å². The van der Waals surface area contributed by atoms with Crippen LogP contribution in [0, 0.1) is 0 Å². The van der Waals surface area contributed by atoms with Gasteiger partial charge in [0.2, 0.25) is 0 Å². The van der Waals surface area contributed by atoms with Gasteiger partial charge < -0.3 is 10.0 Å². The second-order valence-corrected chi connectivity index (χ2v) is 2.33. The first kappa shape index (κ1) is 10.2. The zero-order valence-corrected chi connectivity index (χ0v) is 6.49. The number of carboxylic acid groups (broad SMARTS) is 1. The predicted octanol–water partition coefficient (Wildman–Crippen LogP) is -0.0309. The summed E-state index contributed by atoms with van der Waals surface area (Å²) in [5.74, 6) is 8.00. The Bertz CT molecular complexity index is 112. The number of piperidine rings is 1. The Kier molecular flexibility index (Phi) is 5.50. The number of likely N-dealkylation sites (tertiary alicyclic amines) is 1. The molecule has 0 aromatic rings. The highest BCUT2D eigenvalue weighted by Gasteiger charge is 2.13. The van der Waals surface area contributed by atoms with Crippen molar-refractivity contribution in [1.82, 2.24) is 4.90 Å². The molecule has 0 saturated carbocycles. The van der Waals surface area contributed by atoms with Gasteiger partial charge in [-0.25, -0.2) is 4.79 Å². The summed E-state index contributed by atoms with van der Waals surface area (Å²) in [5.41, 5.74) is 0. The van der Waals surface area contributed by atoms with E-state index in [2.05, 4.69) is 11.7 Å². The third-order valence-electron chi connectivity index (χ3n) is 1.63. The molecule has 5 N–H and O–H groups in total. The molecule has 0 atom stereocenters. The lowest BCUT2D eigenvalue weighted by atomic mass is 10.1. The van der Waals surface area contributed by atoms with Gasteiger partial charge in [-0.05, 0) is 19.3 Å². The number of nitrogens with zero attached hydrogens (tertiary/aromatic N) is 1. The van der Waals surface area contributed by atoms with Crippen molar-refractivity contribution in [2.45, 2.75) is 19.3 Å². The molecule has 1 aliphatic rings. The number of nitrogens with two attached hydrogens (primary N) is 2. The van der Waals surface area contributed by atoms with Crippen molar-refractivity contribution in [1.29, 1.82) is 0 Å². The maximum Gasteiger partial charge on any atom is 0.407 e. The molecule has 0 aliphatic carbocycles. The monoisotopic (exact) mass is 161 g/mol. The van der Waals surface area contributed by atoms with E-state index in [4.69, 9.17) is 5.11 Å². The van der Waals surface area contributed by atoms with Crippen molar-refractivity contribution in [2.24, 2.45) is 11.7 Å². The highest BCUT2D eigenvalue weighted by Crippen LogP contribution is 2.07. The highest BCUT2D eigenvalue weighted by atomic mass is 16.4. The molecule has 1 rings (SSSR count). The lowest BCUT2D eigenvalue weighted by Crippen LogP contribution is -2.34. The van der Waals surface area contributed by atoms with Crippen molar-refractivity contribution in [2.75, 3.05) is 13.1 Å². The summed E-state index contributed by atoms with van der Waals surface area (Å²) >= 11 is 0. The fourth-order valence-corrected chi connectivity index (χ4v) is 1.09. The molecular weight excluding hydrogens is 146 g/mol. The molecule has 11 heavy (non-hydrogen) atoms. The summed E-state index contributed by atoms with van der Waals surface area (Å²) in [4.78, 5) is 11.8. The van der Waals surface area contributed by atoms with Gasteiger partial charge in [0.15, 0.2) is 0 Å². The van der Waals surface area contributed by atoms with Crippen molar-refractivity contribution >= 4 is 6.09 Å². The van der Waals surface area contributed by atoms with Crippen LogP contribution in [0.25, 0.3) is 0 Å². The lowest BCUT2D eigenvalue weighted by Gasteiger charge is -2.22. The van der Waals surface area contributed by atoms with Crippen molar-refractivity contribution in [3.05, 3.63) is 0 Å². The minimum Gasteiger partial charge on any atom is -0.465 e. The normalized spacial score (nSPS) is 16.7. The van der Waals surface area contributed by atoms with Gasteiger partial charge in [-0.15, -0.1) is 0 Å². The Morgan fingerprint density at radius 1 is 1.18 bits per heavy atom. The molecule has 1 saturated heterocycles. The Morgan fingerprint density at radius 3 is 1.91 bits per heavy atom. The first-order valence-electron chi connectivity index (χ1n) is 3.62. The Hall–Kier alpha value is -0.810. The van der Waals surface area contributed by atoms with Crippen LogP contribution in [-0.2, 0) is 0 Å². The maximum atomic E-state index is 10.3. The topological polar surface area (TPSA) is 92.6 Å². The summed E-state index contributed by atoms with van der Waals surface area (Å²) in [6, 6.07) is 0. The van der Waals surface area contributed by atoms with Crippen molar-refractivity contribution in [3.8, 4) is 0 Å². The van der Waals surface area contributed by atoms with E-state index in [1.165, 1.54) is 11.3 Å².